The number of rotatable bonds is 1. The van der Waals surface area contributed by atoms with E-state index in [1.54, 1.807) is 0 Å². The third kappa shape index (κ3) is 1.69. The fraction of sp³-hybridized carbons (Fsp3) is 0.300. The third-order valence-electron chi connectivity index (χ3n) is 1.99. The van der Waals surface area contributed by atoms with E-state index in [0.717, 1.165) is 5.71 Å². The monoisotopic (exact) mass is 179 g/mol. The van der Waals surface area contributed by atoms with Crippen LogP contribution >= 0.6 is 12.8 Å². The summed E-state index contributed by atoms with van der Waals surface area (Å²) in [7, 11) is 0. The Hall–Kier alpha value is -0.760. The van der Waals surface area contributed by atoms with Crippen molar-refractivity contribution < 1.29 is 0 Å². The lowest BCUT2D eigenvalue weighted by molar-refractivity contribution is 1.35. The highest BCUT2D eigenvalue weighted by Crippen LogP contribution is 2.14. The largest absolute Gasteiger partial charge is 0.224 e. The van der Waals surface area contributed by atoms with Crippen molar-refractivity contribution >= 4 is 18.5 Å². The minimum atomic E-state index is 0.980. The van der Waals surface area contributed by atoms with E-state index in [9.17, 15) is 0 Å². The Morgan fingerprint density at radius 3 is 2.17 bits per heavy atom. The van der Waals surface area contributed by atoms with Gasteiger partial charge in [-0.2, -0.15) is 0 Å². The van der Waals surface area contributed by atoms with Crippen LogP contribution in [0.4, 0.5) is 0 Å². The smallest absolute Gasteiger partial charge is 0.0530 e. The molecule has 0 fully saturated rings. The molecule has 1 rings (SSSR count). The molecule has 1 nitrogen and oxygen atoms in total. The molecule has 0 unspecified atom stereocenters. The molecule has 1 aromatic rings. The van der Waals surface area contributed by atoms with Crippen molar-refractivity contribution in [2.75, 3.05) is 0 Å². The lowest BCUT2D eigenvalue weighted by Crippen LogP contribution is -1.99. The van der Waals surface area contributed by atoms with Crippen LogP contribution in [0, 0.1) is 13.8 Å². The number of nitrogens with zero attached hydrogens (tertiary/aromatic N) is 1. The van der Waals surface area contributed by atoms with Crippen LogP contribution in [-0.2, 0) is 0 Å². The molecule has 0 N–H and O–H groups in total. The first-order valence-electron chi connectivity index (χ1n) is 3.92. The second kappa shape index (κ2) is 3.76. The fourth-order valence-corrected chi connectivity index (χ4v) is 1.54. The highest BCUT2D eigenvalue weighted by atomic mass is 32.1. The lowest BCUT2D eigenvalue weighted by Gasteiger charge is -2.07. The summed E-state index contributed by atoms with van der Waals surface area (Å²) in [6.07, 6.45) is 0. The molecule has 0 aliphatic carbocycles. The van der Waals surface area contributed by atoms with Crippen LogP contribution in [0.3, 0.4) is 0 Å². The van der Waals surface area contributed by atoms with Gasteiger partial charge in [-0.3, -0.25) is 0 Å². The molecule has 0 atom stereocenters. The van der Waals surface area contributed by atoms with Crippen molar-refractivity contribution in [3.05, 3.63) is 34.9 Å². The van der Waals surface area contributed by atoms with Crippen LogP contribution in [0.15, 0.2) is 22.6 Å². The van der Waals surface area contributed by atoms with E-state index in [1.165, 1.54) is 16.7 Å². The summed E-state index contributed by atoms with van der Waals surface area (Å²) in [6, 6.07) is 6.23. The summed E-state index contributed by atoms with van der Waals surface area (Å²) >= 11 is 3.91. The number of aryl methyl sites for hydroxylation is 2. The zero-order valence-electron chi connectivity index (χ0n) is 7.63. The third-order valence-corrected chi connectivity index (χ3v) is 2.29. The van der Waals surface area contributed by atoms with E-state index in [-0.39, 0.29) is 0 Å². The molecule has 0 radical (unpaired) electrons. The molecule has 0 saturated carbocycles. The number of thiol groups is 1. The van der Waals surface area contributed by atoms with Crippen LogP contribution in [0.1, 0.15) is 23.6 Å². The van der Waals surface area contributed by atoms with Gasteiger partial charge in [0.1, 0.15) is 0 Å². The molecular weight excluding hydrogens is 166 g/mol. The van der Waals surface area contributed by atoms with Crippen molar-refractivity contribution in [1.82, 2.24) is 0 Å². The molecule has 0 heterocycles. The molecule has 0 spiro atoms. The summed E-state index contributed by atoms with van der Waals surface area (Å²) in [4.78, 5) is 0. The van der Waals surface area contributed by atoms with Gasteiger partial charge in [-0.05, 0) is 44.7 Å². The molecule has 1 aromatic carbocycles. The zero-order chi connectivity index (χ0) is 9.14. The standard InChI is InChI=1S/C10H13NS/c1-7-5-4-6-8(2)10(7)9(3)11-12/h4-6,12H,1-3H3/b11-9+. The Kier molecular flexibility index (Phi) is 2.93. The summed E-state index contributed by atoms with van der Waals surface area (Å²) in [5.74, 6) is 0. The van der Waals surface area contributed by atoms with E-state index in [2.05, 4.69) is 49.3 Å². The van der Waals surface area contributed by atoms with Gasteiger partial charge in [-0.15, -0.1) is 0 Å². The summed E-state index contributed by atoms with van der Waals surface area (Å²) in [5.41, 5.74) is 4.71. The molecule has 0 aliphatic heterocycles. The predicted octanol–water partition coefficient (Wildman–Crippen LogP) is 2.96. The average molecular weight is 179 g/mol. The predicted molar refractivity (Wildman–Crippen MR) is 57.1 cm³/mol. The normalized spacial score (nSPS) is 11.8. The number of benzene rings is 1. The Morgan fingerprint density at radius 2 is 1.75 bits per heavy atom. The summed E-state index contributed by atoms with van der Waals surface area (Å²) < 4.78 is 3.89. The maximum Gasteiger partial charge on any atom is 0.0530 e. The second-order valence-electron chi connectivity index (χ2n) is 2.95. The van der Waals surface area contributed by atoms with Gasteiger partial charge in [0.05, 0.1) is 5.71 Å². The first-order chi connectivity index (χ1) is 5.66. The quantitative estimate of drug-likeness (QED) is 0.502. The Morgan fingerprint density at radius 1 is 1.25 bits per heavy atom. The van der Waals surface area contributed by atoms with Crippen molar-refractivity contribution in [2.45, 2.75) is 20.8 Å². The maximum absolute atomic E-state index is 3.91. The van der Waals surface area contributed by atoms with E-state index in [0.29, 0.717) is 0 Å². The van der Waals surface area contributed by atoms with Gasteiger partial charge in [0.2, 0.25) is 0 Å². The average Bonchev–Trinajstić information content (AvgIpc) is 2.03. The van der Waals surface area contributed by atoms with E-state index >= 15 is 0 Å². The molecule has 12 heavy (non-hydrogen) atoms. The van der Waals surface area contributed by atoms with Crippen molar-refractivity contribution in [1.29, 1.82) is 0 Å². The van der Waals surface area contributed by atoms with Crippen LogP contribution < -0.4 is 0 Å². The van der Waals surface area contributed by atoms with Crippen molar-refractivity contribution in [2.24, 2.45) is 4.40 Å². The van der Waals surface area contributed by atoms with Gasteiger partial charge in [0, 0.05) is 5.56 Å². The van der Waals surface area contributed by atoms with Crippen LogP contribution in [0.2, 0.25) is 0 Å². The first-order valence-corrected chi connectivity index (χ1v) is 4.32. The van der Waals surface area contributed by atoms with Crippen molar-refractivity contribution in [3.63, 3.8) is 0 Å². The van der Waals surface area contributed by atoms with Gasteiger partial charge in [0.15, 0.2) is 0 Å². The Bertz CT molecular complexity index is 295. The molecule has 0 aliphatic rings. The molecule has 0 amide bonds. The minimum Gasteiger partial charge on any atom is -0.224 e. The number of hydrogen-bond donors (Lipinski definition) is 1. The van der Waals surface area contributed by atoms with Gasteiger partial charge in [-0.25, -0.2) is 4.40 Å². The Labute approximate surface area is 79.1 Å². The summed E-state index contributed by atoms with van der Waals surface area (Å²) in [6.45, 7) is 6.15. The van der Waals surface area contributed by atoms with E-state index in [4.69, 9.17) is 0 Å². The van der Waals surface area contributed by atoms with Crippen LogP contribution in [-0.4, -0.2) is 5.71 Å². The van der Waals surface area contributed by atoms with Crippen LogP contribution in [0.25, 0.3) is 0 Å². The van der Waals surface area contributed by atoms with Crippen molar-refractivity contribution in [3.8, 4) is 0 Å². The zero-order valence-corrected chi connectivity index (χ0v) is 8.52. The molecule has 64 valence electrons. The highest BCUT2D eigenvalue weighted by molar-refractivity contribution is 7.79. The first kappa shape index (κ1) is 9.33. The van der Waals surface area contributed by atoms with Gasteiger partial charge < -0.3 is 0 Å². The van der Waals surface area contributed by atoms with Crippen LogP contribution in [0.5, 0.6) is 0 Å². The van der Waals surface area contributed by atoms with E-state index in [1.807, 2.05) is 6.92 Å². The Balaban J connectivity index is 3.31. The maximum atomic E-state index is 3.91. The molecule has 0 saturated heterocycles. The van der Waals surface area contributed by atoms with Gasteiger partial charge >= 0.3 is 0 Å². The number of hydrogen-bond acceptors (Lipinski definition) is 2. The second-order valence-corrected chi connectivity index (χ2v) is 3.15. The molecule has 2 heteroatoms. The molecule has 0 bridgehead atoms. The summed E-state index contributed by atoms with van der Waals surface area (Å²) in [5, 5.41) is 0. The molecular formula is C10H13NS. The van der Waals surface area contributed by atoms with Gasteiger partial charge in [-0.1, -0.05) is 18.2 Å². The SMILES string of the molecule is C/C(=N\S)c1c(C)cccc1C. The lowest BCUT2D eigenvalue weighted by atomic mass is 10.00. The topological polar surface area (TPSA) is 12.4 Å². The highest BCUT2D eigenvalue weighted by Gasteiger charge is 2.03. The molecule has 0 aromatic heterocycles. The minimum absolute atomic E-state index is 0.980. The van der Waals surface area contributed by atoms with E-state index < -0.39 is 0 Å². The van der Waals surface area contributed by atoms with Gasteiger partial charge in [0.25, 0.3) is 0 Å². The fourth-order valence-electron chi connectivity index (χ4n) is 1.44.